The van der Waals surface area contributed by atoms with Crippen LogP contribution in [0.2, 0.25) is 5.02 Å². The highest BCUT2D eigenvalue weighted by atomic mass is 35.5. The largest absolute Gasteiger partial charge is 0.494 e. The fraction of sp³-hybridized carbons (Fsp3) is 0.409. The fourth-order valence-corrected chi connectivity index (χ4v) is 2.89. The Kier molecular flexibility index (Phi) is 8.49. The second kappa shape index (κ2) is 10.9. The summed E-state index contributed by atoms with van der Waals surface area (Å²) in [5.74, 6) is 0.645. The van der Waals surface area contributed by atoms with Gasteiger partial charge in [0.15, 0.2) is 0 Å². The zero-order valence-corrected chi connectivity index (χ0v) is 16.4. The van der Waals surface area contributed by atoms with Gasteiger partial charge in [-0.25, -0.2) is 0 Å². The Morgan fingerprint density at radius 2 is 1.69 bits per heavy atom. The lowest BCUT2D eigenvalue weighted by Gasteiger charge is -2.10. The van der Waals surface area contributed by atoms with Crippen LogP contribution in [0.3, 0.4) is 0 Å². The molecule has 0 aliphatic rings. The summed E-state index contributed by atoms with van der Waals surface area (Å²) in [5.41, 5.74) is 2.18. The smallest absolute Gasteiger partial charge is 0.255 e. The minimum Gasteiger partial charge on any atom is -0.494 e. The van der Waals surface area contributed by atoms with Crippen molar-refractivity contribution in [1.82, 2.24) is 0 Å². The van der Waals surface area contributed by atoms with E-state index in [-0.39, 0.29) is 5.91 Å². The first-order valence-electron chi connectivity index (χ1n) is 9.41. The van der Waals surface area contributed by atoms with Crippen molar-refractivity contribution in [2.45, 2.75) is 52.4 Å². The van der Waals surface area contributed by atoms with Crippen LogP contribution in [0.1, 0.15) is 61.4 Å². The lowest BCUT2D eigenvalue weighted by atomic mass is 10.1. The molecule has 0 bridgehead atoms. The minimum atomic E-state index is -0.155. The van der Waals surface area contributed by atoms with Gasteiger partial charge < -0.3 is 10.1 Å². The van der Waals surface area contributed by atoms with Gasteiger partial charge in [0, 0.05) is 16.3 Å². The highest BCUT2D eigenvalue weighted by Gasteiger charge is 2.09. The third kappa shape index (κ3) is 6.38. The van der Waals surface area contributed by atoms with E-state index in [1.54, 1.807) is 12.1 Å². The number of benzene rings is 2. The molecular weight excluding hydrogens is 346 g/mol. The molecule has 0 unspecified atom stereocenters. The normalized spacial score (nSPS) is 10.6. The standard InChI is InChI=1S/C22H28ClNO2/c1-3-4-5-6-7-8-16-26-19-14-12-18(13-15-19)22(25)24-21-11-9-10-20(23)17(21)2/h9-15H,3-8,16H2,1-2H3,(H,24,25). The van der Waals surface area contributed by atoms with Gasteiger partial charge in [-0.05, 0) is 55.3 Å². The van der Waals surface area contributed by atoms with E-state index in [9.17, 15) is 4.79 Å². The highest BCUT2D eigenvalue weighted by Crippen LogP contribution is 2.23. The zero-order valence-electron chi connectivity index (χ0n) is 15.7. The van der Waals surface area contributed by atoms with Crippen molar-refractivity contribution in [2.24, 2.45) is 0 Å². The van der Waals surface area contributed by atoms with Crippen LogP contribution < -0.4 is 10.1 Å². The van der Waals surface area contributed by atoms with E-state index < -0.39 is 0 Å². The summed E-state index contributed by atoms with van der Waals surface area (Å²) < 4.78 is 5.75. The monoisotopic (exact) mass is 373 g/mol. The number of ether oxygens (including phenoxy) is 1. The van der Waals surface area contributed by atoms with Crippen molar-refractivity contribution in [1.29, 1.82) is 0 Å². The molecule has 0 fully saturated rings. The Morgan fingerprint density at radius 1 is 1.00 bits per heavy atom. The number of carbonyl (C=O) groups excluding carboxylic acids is 1. The average Bonchev–Trinajstić information content (AvgIpc) is 2.65. The highest BCUT2D eigenvalue weighted by molar-refractivity contribution is 6.31. The first kappa shape index (κ1) is 20.3. The Hall–Kier alpha value is -2.00. The molecule has 26 heavy (non-hydrogen) atoms. The van der Waals surface area contributed by atoms with Gasteiger partial charge in [0.2, 0.25) is 0 Å². The van der Waals surface area contributed by atoms with Crippen molar-refractivity contribution in [2.75, 3.05) is 11.9 Å². The number of unbranched alkanes of at least 4 members (excludes halogenated alkanes) is 5. The summed E-state index contributed by atoms with van der Waals surface area (Å²) in [4.78, 5) is 12.4. The molecule has 140 valence electrons. The van der Waals surface area contributed by atoms with Gasteiger partial charge >= 0.3 is 0 Å². The SMILES string of the molecule is CCCCCCCCOc1ccc(C(=O)Nc2cccc(Cl)c2C)cc1. The molecule has 2 aromatic carbocycles. The van der Waals surface area contributed by atoms with E-state index >= 15 is 0 Å². The predicted octanol–water partition coefficient (Wildman–Crippen LogP) is 6.64. The summed E-state index contributed by atoms with van der Waals surface area (Å²) in [6, 6.07) is 12.7. The van der Waals surface area contributed by atoms with Crippen LogP contribution in [0.25, 0.3) is 0 Å². The van der Waals surface area contributed by atoms with E-state index in [0.717, 1.165) is 30.0 Å². The van der Waals surface area contributed by atoms with E-state index in [0.29, 0.717) is 10.6 Å². The molecule has 0 aliphatic heterocycles. The van der Waals surface area contributed by atoms with Gasteiger partial charge in [0.05, 0.1) is 6.61 Å². The quantitative estimate of drug-likeness (QED) is 0.474. The third-order valence-electron chi connectivity index (χ3n) is 4.40. The van der Waals surface area contributed by atoms with Gasteiger partial charge in [-0.1, -0.05) is 56.7 Å². The summed E-state index contributed by atoms with van der Waals surface area (Å²) in [6.07, 6.45) is 7.46. The average molecular weight is 374 g/mol. The second-order valence-electron chi connectivity index (χ2n) is 6.51. The van der Waals surface area contributed by atoms with Gasteiger partial charge in [0.1, 0.15) is 5.75 Å². The summed E-state index contributed by atoms with van der Waals surface area (Å²) in [5, 5.41) is 3.54. The van der Waals surface area contributed by atoms with Crippen molar-refractivity contribution in [3.63, 3.8) is 0 Å². The number of hydrogen-bond donors (Lipinski definition) is 1. The Morgan fingerprint density at radius 3 is 2.42 bits per heavy atom. The first-order chi connectivity index (χ1) is 12.6. The molecule has 3 nitrogen and oxygen atoms in total. The number of nitrogens with one attached hydrogen (secondary N) is 1. The van der Waals surface area contributed by atoms with E-state index in [1.165, 1.54) is 32.1 Å². The van der Waals surface area contributed by atoms with Crippen LogP contribution in [0.4, 0.5) is 5.69 Å². The van der Waals surface area contributed by atoms with Crippen LogP contribution in [0, 0.1) is 6.92 Å². The number of carbonyl (C=O) groups is 1. The Labute approximate surface area is 161 Å². The molecule has 0 spiro atoms. The molecule has 0 aliphatic carbocycles. The Bertz CT molecular complexity index is 698. The molecule has 4 heteroatoms. The van der Waals surface area contributed by atoms with Crippen LogP contribution in [-0.4, -0.2) is 12.5 Å². The predicted molar refractivity (Wildman–Crippen MR) is 109 cm³/mol. The van der Waals surface area contributed by atoms with Gasteiger partial charge in [-0.15, -0.1) is 0 Å². The molecule has 0 atom stereocenters. The maximum absolute atomic E-state index is 12.4. The topological polar surface area (TPSA) is 38.3 Å². The molecule has 2 rings (SSSR count). The minimum absolute atomic E-state index is 0.155. The van der Waals surface area contributed by atoms with E-state index in [4.69, 9.17) is 16.3 Å². The van der Waals surface area contributed by atoms with Crippen LogP contribution in [0.15, 0.2) is 42.5 Å². The number of halogens is 1. The van der Waals surface area contributed by atoms with Gasteiger partial charge in [0.25, 0.3) is 5.91 Å². The molecule has 2 aromatic rings. The van der Waals surface area contributed by atoms with Crippen LogP contribution in [0.5, 0.6) is 5.75 Å². The van der Waals surface area contributed by atoms with Crippen molar-refractivity contribution >= 4 is 23.2 Å². The molecule has 0 heterocycles. The Balaban J connectivity index is 1.79. The summed E-state index contributed by atoms with van der Waals surface area (Å²) in [6.45, 7) is 4.83. The van der Waals surface area contributed by atoms with E-state index in [1.807, 2.05) is 37.3 Å². The molecule has 0 radical (unpaired) electrons. The summed E-state index contributed by atoms with van der Waals surface area (Å²) in [7, 11) is 0. The maximum Gasteiger partial charge on any atom is 0.255 e. The maximum atomic E-state index is 12.4. The van der Waals surface area contributed by atoms with E-state index in [2.05, 4.69) is 12.2 Å². The van der Waals surface area contributed by atoms with Crippen LogP contribution in [-0.2, 0) is 0 Å². The van der Waals surface area contributed by atoms with Crippen molar-refractivity contribution in [3.05, 3.63) is 58.6 Å². The number of hydrogen-bond acceptors (Lipinski definition) is 2. The molecule has 0 saturated heterocycles. The van der Waals surface area contributed by atoms with Gasteiger partial charge in [-0.3, -0.25) is 4.79 Å². The molecule has 0 saturated carbocycles. The first-order valence-corrected chi connectivity index (χ1v) is 9.79. The zero-order chi connectivity index (χ0) is 18.8. The molecule has 0 aromatic heterocycles. The number of amides is 1. The summed E-state index contributed by atoms with van der Waals surface area (Å²) >= 11 is 6.09. The number of rotatable bonds is 10. The van der Waals surface area contributed by atoms with Gasteiger partial charge in [-0.2, -0.15) is 0 Å². The van der Waals surface area contributed by atoms with Crippen LogP contribution >= 0.6 is 11.6 Å². The lowest BCUT2D eigenvalue weighted by molar-refractivity contribution is 0.102. The van der Waals surface area contributed by atoms with Crippen molar-refractivity contribution < 1.29 is 9.53 Å². The fourth-order valence-electron chi connectivity index (χ4n) is 2.71. The molecular formula is C22H28ClNO2. The molecule has 1 N–H and O–H groups in total. The lowest BCUT2D eigenvalue weighted by Crippen LogP contribution is -2.12. The second-order valence-corrected chi connectivity index (χ2v) is 6.91. The number of anilines is 1. The molecule has 1 amide bonds. The van der Waals surface area contributed by atoms with Crippen molar-refractivity contribution in [3.8, 4) is 5.75 Å². The third-order valence-corrected chi connectivity index (χ3v) is 4.81.